The molecule has 10 heteroatoms. The Morgan fingerprint density at radius 3 is 2.27 bits per heavy atom. The Morgan fingerprint density at radius 2 is 1.67 bits per heavy atom. The lowest BCUT2D eigenvalue weighted by Gasteiger charge is -2.36. The van der Waals surface area contributed by atoms with Gasteiger partial charge in [-0.25, -0.2) is 13.7 Å². The van der Waals surface area contributed by atoms with Gasteiger partial charge in [0.1, 0.15) is 17.3 Å². The molecule has 0 unspecified atom stereocenters. The Labute approximate surface area is 188 Å². The van der Waals surface area contributed by atoms with E-state index in [4.69, 9.17) is 0 Å². The zero-order chi connectivity index (χ0) is 23.9. The van der Waals surface area contributed by atoms with Gasteiger partial charge in [-0.2, -0.15) is 0 Å². The van der Waals surface area contributed by atoms with Gasteiger partial charge in [0.05, 0.1) is 16.2 Å². The van der Waals surface area contributed by atoms with Crippen LogP contribution in [0.25, 0.3) is 5.57 Å². The number of hydrogen-bond acceptors (Lipinski definition) is 6. The second-order valence-corrected chi connectivity index (χ2v) is 8.21. The number of nitrogens with zero attached hydrogens (tertiary/aromatic N) is 4. The summed E-state index contributed by atoms with van der Waals surface area (Å²) in [5.74, 6) is -3.28. The van der Waals surface area contributed by atoms with Crippen molar-refractivity contribution in [2.75, 3.05) is 32.1 Å². The van der Waals surface area contributed by atoms with Crippen LogP contribution >= 0.6 is 0 Å². The summed E-state index contributed by atoms with van der Waals surface area (Å²) in [6.07, 6.45) is 1.50. The standard InChI is InChI=1S/C23H22F2N4O4/c1-26-11-9-16(10-12-26)27(2)21-20(14-3-6-17(7-4-14)29(32)33)22(30)28(23(21)31)19-13-15(24)5-8-18(19)25/h3-8,13,16H,9-12H2,1-2H3. The SMILES string of the molecule is CN1CCC(N(C)C2=C(c3ccc([N+](=O)[O-])cc3)C(=O)N(c3cc(F)ccc3F)C2=O)CC1. The van der Waals surface area contributed by atoms with E-state index in [9.17, 15) is 28.5 Å². The summed E-state index contributed by atoms with van der Waals surface area (Å²) in [5.41, 5.74) is -0.300. The Kier molecular flexibility index (Phi) is 5.94. The second kappa shape index (κ2) is 8.70. The van der Waals surface area contributed by atoms with Gasteiger partial charge in [-0.1, -0.05) is 0 Å². The number of amides is 2. The molecular formula is C23H22F2N4O4. The number of piperidine rings is 1. The van der Waals surface area contributed by atoms with Crippen molar-refractivity contribution in [3.05, 3.63) is 75.5 Å². The van der Waals surface area contributed by atoms with Gasteiger partial charge in [-0.05, 0) is 62.8 Å². The normalized spacial score (nSPS) is 17.8. The Bertz CT molecular complexity index is 1160. The highest BCUT2D eigenvalue weighted by Gasteiger charge is 2.44. The van der Waals surface area contributed by atoms with E-state index in [-0.39, 0.29) is 28.6 Å². The van der Waals surface area contributed by atoms with Crippen LogP contribution in [-0.4, -0.2) is 59.8 Å². The van der Waals surface area contributed by atoms with Crippen molar-refractivity contribution in [2.45, 2.75) is 18.9 Å². The molecule has 2 amide bonds. The Morgan fingerprint density at radius 1 is 1.03 bits per heavy atom. The van der Waals surface area contributed by atoms with Crippen LogP contribution in [0.3, 0.4) is 0 Å². The average molecular weight is 456 g/mol. The molecule has 4 rings (SSSR count). The lowest BCUT2D eigenvalue weighted by Crippen LogP contribution is -2.43. The number of benzene rings is 2. The minimum atomic E-state index is -0.913. The van der Waals surface area contributed by atoms with Gasteiger partial charge in [0.2, 0.25) is 0 Å². The molecule has 0 aliphatic carbocycles. The average Bonchev–Trinajstić information content (AvgIpc) is 3.05. The number of likely N-dealkylation sites (tertiary alicyclic amines) is 1. The van der Waals surface area contributed by atoms with Crippen LogP contribution in [0, 0.1) is 21.7 Å². The number of carbonyl (C=O) groups excluding carboxylic acids is 2. The topological polar surface area (TPSA) is 87.0 Å². The molecule has 2 aliphatic heterocycles. The van der Waals surface area contributed by atoms with Crippen molar-refractivity contribution >= 4 is 28.8 Å². The van der Waals surface area contributed by atoms with Crippen molar-refractivity contribution in [3.8, 4) is 0 Å². The predicted octanol–water partition coefficient (Wildman–Crippen LogP) is 3.18. The summed E-state index contributed by atoms with van der Waals surface area (Å²) >= 11 is 0. The molecule has 0 radical (unpaired) electrons. The summed E-state index contributed by atoms with van der Waals surface area (Å²) in [4.78, 5) is 41.9. The Balaban J connectivity index is 1.82. The quantitative estimate of drug-likeness (QED) is 0.390. The summed E-state index contributed by atoms with van der Waals surface area (Å²) in [7, 11) is 3.70. The second-order valence-electron chi connectivity index (χ2n) is 8.21. The fourth-order valence-electron chi connectivity index (χ4n) is 4.30. The third kappa shape index (κ3) is 4.09. The number of rotatable bonds is 5. The minimum absolute atomic E-state index is 0.0000118. The monoisotopic (exact) mass is 456 g/mol. The minimum Gasteiger partial charge on any atom is -0.366 e. The predicted molar refractivity (Wildman–Crippen MR) is 117 cm³/mol. The molecular weight excluding hydrogens is 434 g/mol. The van der Waals surface area contributed by atoms with Crippen molar-refractivity contribution < 1.29 is 23.3 Å². The number of imide groups is 1. The smallest absolute Gasteiger partial charge is 0.282 e. The number of halogens is 2. The van der Waals surface area contributed by atoms with E-state index in [0.717, 1.165) is 44.1 Å². The molecule has 0 atom stereocenters. The van der Waals surface area contributed by atoms with Crippen molar-refractivity contribution in [1.82, 2.24) is 9.80 Å². The van der Waals surface area contributed by atoms with Crippen LogP contribution in [0.1, 0.15) is 18.4 Å². The van der Waals surface area contributed by atoms with E-state index >= 15 is 0 Å². The maximum Gasteiger partial charge on any atom is 0.282 e. The molecule has 33 heavy (non-hydrogen) atoms. The van der Waals surface area contributed by atoms with Gasteiger partial charge in [-0.3, -0.25) is 19.7 Å². The first-order valence-corrected chi connectivity index (χ1v) is 10.4. The summed E-state index contributed by atoms with van der Waals surface area (Å²) in [6.45, 7) is 1.61. The molecule has 2 aromatic rings. The molecule has 0 spiro atoms. The molecule has 0 aromatic heterocycles. The van der Waals surface area contributed by atoms with Crippen LogP contribution in [0.5, 0.6) is 0 Å². The van der Waals surface area contributed by atoms with Crippen LogP contribution in [0.15, 0.2) is 48.2 Å². The first kappa shape index (κ1) is 22.5. The first-order valence-electron chi connectivity index (χ1n) is 10.4. The number of carbonyl (C=O) groups is 2. The number of anilines is 1. The Hall–Kier alpha value is -3.66. The highest BCUT2D eigenvalue weighted by Crippen LogP contribution is 2.37. The summed E-state index contributed by atoms with van der Waals surface area (Å²) in [6, 6.07) is 7.75. The first-order chi connectivity index (χ1) is 15.7. The lowest BCUT2D eigenvalue weighted by molar-refractivity contribution is -0.384. The molecule has 8 nitrogen and oxygen atoms in total. The van der Waals surface area contributed by atoms with Crippen LogP contribution < -0.4 is 4.90 Å². The third-order valence-corrected chi connectivity index (χ3v) is 6.16. The van der Waals surface area contributed by atoms with Crippen molar-refractivity contribution in [2.24, 2.45) is 0 Å². The molecule has 2 aromatic carbocycles. The van der Waals surface area contributed by atoms with Gasteiger partial charge in [0.15, 0.2) is 0 Å². The van der Waals surface area contributed by atoms with Gasteiger partial charge >= 0.3 is 0 Å². The molecule has 2 aliphatic rings. The van der Waals surface area contributed by atoms with Gasteiger partial charge < -0.3 is 9.80 Å². The molecule has 0 bridgehead atoms. The fourth-order valence-corrected chi connectivity index (χ4v) is 4.30. The maximum absolute atomic E-state index is 14.5. The zero-order valence-corrected chi connectivity index (χ0v) is 18.1. The number of nitro benzene ring substituents is 1. The maximum atomic E-state index is 14.5. The van der Waals surface area contributed by atoms with E-state index in [1.54, 1.807) is 11.9 Å². The van der Waals surface area contributed by atoms with Crippen molar-refractivity contribution in [1.29, 1.82) is 0 Å². The molecule has 0 N–H and O–H groups in total. The number of non-ortho nitro benzene ring substituents is 1. The van der Waals surface area contributed by atoms with E-state index in [1.165, 1.54) is 24.3 Å². The highest BCUT2D eigenvalue weighted by atomic mass is 19.1. The van der Waals surface area contributed by atoms with Gasteiger partial charge in [0, 0.05) is 31.3 Å². The largest absolute Gasteiger partial charge is 0.366 e. The van der Waals surface area contributed by atoms with E-state index in [1.807, 2.05) is 7.05 Å². The van der Waals surface area contributed by atoms with E-state index < -0.39 is 34.1 Å². The molecule has 0 saturated carbocycles. The van der Waals surface area contributed by atoms with Crippen LogP contribution in [-0.2, 0) is 9.59 Å². The number of likely N-dealkylation sites (N-methyl/N-ethyl adjacent to an activating group) is 1. The third-order valence-electron chi connectivity index (χ3n) is 6.16. The molecule has 1 fully saturated rings. The summed E-state index contributed by atoms with van der Waals surface area (Å²) in [5, 5.41) is 11.0. The van der Waals surface area contributed by atoms with Gasteiger partial charge in [-0.15, -0.1) is 0 Å². The summed E-state index contributed by atoms with van der Waals surface area (Å²) < 4.78 is 28.4. The number of nitro groups is 1. The van der Waals surface area contributed by atoms with Crippen LogP contribution in [0.2, 0.25) is 0 Å². The highest BCUT2D eigenvalue weighted by molar-refractivity contribution is 6.45. The lowest BCUT2D eigenvalue weighted by atomic mass is 10.00. The molecule has 172 valence electrons. The van der Waals surface area contributed by atoms with E-state index in [2.05, 4.69) is 4.90 Å². The molecule has 1 saturated heterocycles. The molecule has 2 heterocycles. The van der Waals surface area contributed by atoms with E-state index in [0.29, 0.717) is 4.90 Å². The van der Waals surface area contributed by atoms with Crippen LogP contribution in [0.4, 0.5) is 20.2 Å². The zero-order valence-electron chi connectivity index (χ0n) is 18.1. The number of hydrogen-bond donors (Lipinski definition) is 0. The van der Waals surface area contributed by atoms with Crippen molar-refractivity contribution in [3.63, 3.8) is 0 Å². The fraction of sp³-hybridized carbons (Fsp3) is 0.304. The van der Waals surface area contributed by atoms with Gasteiger partial charge in [0.25, 0.3) is 17.5 Å².